The second-order valence-corrected chi connectivity index (χ2v) is 18.4. The third kappa shape index (κ3) is 7.58. The topological polar surface area (TPSA) is 214 Å². The van der Waals surface area contributed by atoms with Gasteiger partial charge in [0.25, 0.3) is 0 Å². The maximum atomic E-state index is 16.3. The number of carbonyl (C=O) groups is 3. The maximum Gasteiger partial charge on any atom is 0.333 e. The first-order valence-corrected chi connectivity index (χ1v) is 21.2. The molecule has 3 saturated carbocycles. The van der Waals surface area contributed by atoms with Crippen molar-refractivity contribution in [3.05, 3.63) is 70.0 Å². The van der Waals surface area contributed by atoms with Crippen molar-refractivity contribution < 1.29 is 48.4 Å². The molecule has 0 radical (unpaired) electrons. The van der Waals surface area contributed by atoms with Crippen molar-refractivity contribution in [3.63, 3.8) is 0 Å². The lowest BCUT2D eigenvalue weighted by molar-refractivity contribution is -0.213. The number of rotatable bonds is 17. The summed E-state index contributed by atoms with van der Waals surface area (Å²) in [5.74, 6) is -5.25. The number of amidine groups is 1. The van der Waals surface area contributed by atoms with Crippen LogP contribution < -0.4 is 31.0 Å². The number of ketones is 2. The number of esters is 1. The van der Waals surface area contributed by atoms with Crippen molar-refractivity contribution in [2.24, 2.45) is 46.2 Å². The highest BCUT2D eigenvalue weighted by molar-refractivity contribution is 6.11. The number of benzene rings is 1. The number of oxime groups is 1. The number of aliphatic hydroxyl groups is 1. The van der Waals surface area contributed by atoms with Gasteiger partial charge in [0.15, 0.2) is 22.8 Å². The third-order valence-electron chi connectivity index (χ3n) is 13.3. The number of nitrogens with zero attached hydrogens (tertiary/aromatic N) is 1. The highest BCUT2D eigenvalue weighted by Gasteiger charge is 2.86. The molecule has 3 heterocycles. The average molecular weight is 845 g/mol. The Morgan fingerprint density at radius 2 is 1.77 bits per heavy atom. The molecule has 8 unspecified atom stereocenters. The number of methoxy groups -OCH3 is 1. The number of aliphatic hydroxyl groups excluding tert-OH is 1. The van der Waals surface area contributed by atoms with Gasteiger partial charge < -0.3 is 50.8 Å². The Morgan fingerprint density at radius 3 is 2.39 bits per heavy atom. The smallest absolute Gasteiger partial charge is 0.333 e. The summed E-state index contributed by atoms with van der Waals surface area (Å²) in [5.41, 5.74) is 11.5. The number of ether oxygens (including phenoxy) is 5. The molecule has 3 aliphatic carbocycles. The minimum Gasteiger partial charge on any atom is -0.491 e. The molecule has 4 bridgehead atoms. The van der Waals surface area contributed by atoms with Crippen LogP contribution in [0.15, 0.2) is 58.5 Å². The van der Waals surface area contributed by atoms with Crippen molar-refractivity contribution in [2.45, 2.75) is 110 Å². The van der Waals surface area contributed by atoms with Crippen molar-refractivity contribution in [3.8, 4) is 17.2 Å². The van der Waals surface area contributed by atoms with Gasteiger partial charge in [-0.15, -0.1) is 0 Å². The van der Waals surface area contributed by atoms with Crippen LogP contribution in [-0.2, 0) is 25.5 Å². The predicted molar refractivity (Wildman–Crippen MR) is 232 cm³/mol. The van der Waals surface area contributed by atoms with Crippen molar-refractivity contribution in [2.75, 3.05) is 33.4 Å². The van der Waals surface area contributed by atoms with E-state index in [0.29, 0.717) is 42.8 Å². The summed E-state index contributed by atoms with van der Waals surface area (Å²) >= 11 is 0. The molecule has 8 atom stereocenters. The first-order chi connectivity index (χ1) is 28.8. The van der Waals surface area contributed by atoms with Crippen molar-refractivity contribution >= 4 is 29.4 Å². The van der Waals surface area contributed by atoms with E-state index in [1.54, 1.807) is 13.0 Å². The average Bonchev–Trinajstić information content (AvgIpc) is 3.34. The molecule has 7 rings (SSSR count). The zero-order chi connectivity index (χ0) is 44.8. The normalized spacial score (nSPS) is 29.7. The fourth-order valence-electron chi connectivity index (χ4n) is 10.7. The number of nitrogens with one attached hydrogen (secondary N) is 1. The van der Waals surface area contributed by atoms with Crippen LogP contribution in [0.4, 0.5) is 0 Å². The number of nitrogens with two attached hydrogens (primary N) is 2. The van der Waals surface area contributed by atoms with Gasteiger partial charge in [-0.1, -0.05) is 41.1 Å². The summed E-state index contributed by atoms with van der Waals surface area (Å²) in [5, 5.41) is 26.1. The Bertz CT molecular complexity index is 2130. The lowest BCUT2D eigenvalue weighted by atomic mass is 9.41. The minimum atomic E-state index is -1.78. The van der Waals surface area contributed by atoms with Crippen molar-refractivity contribution in [1.82, 2.24) is 5.32 Å². The van der Waals surface area contributed by atoms with Gasteiger partial charge in [0.1, 0.15) is 40.9 Å². The van der Waals surface area contributed by atoms with Crippen LogP contribution in [0.25, 0.3) is 6.08 Å². The molecule has 0 amide bonds. The van der Waals surface area contributed by atoms with Crippen LogP contribution in [0.3, 0.4) is 0 Å². The summed E-state index contributed by atoms with van der Waals surface area (Å²) in [6, 6.07) is 0. The SMILES string of the molecule is C=C(N)C(/C(N)=N\O)C1C2CC3C(C)(C)OC(C/C=C(/C)C(=O)OC)(C2=O)C32Oc3c(CC=C(C)C)c4c(c(OCCNCCO)c3C(=O)C12)C=CC(C)(CCC=C(C)C)O4. The molecule has 61 heavy (non-hydrogen) atoms. The quantitative estimate of drug-likeness (QED) is 0.0186. The van der Waals surface area contributed by atoms with Gasteiger partial charge in [0, 0.05) is 48.2 Å². The van der Waals surface area contributed by atoms with Crippen molar-refractivity contribution in [1.29, 1.82) is 0 Å². The van der Waals surface area contributed by atoms with Crippen LogP contribution >= 0.6 is 0 Å². The van der Waals surface area contributed by atoms with Gasteiger partial charge in [0.05, 0.1) is 36.7 Å². The number of hydrogen-bond donors (Lipinski definition) is 5. The fourth-order valence-corrected chi connectivity index (χ4v) is 10.7. The van der Waals surface area contributed by atoms with E-state index >= 15 is 9.59 Å². The molecule has 1 saturated heterocycles. The molecule has 14 nitrogen and oxygen atoms in total. The molecule has 1 spiro atoms. The van der Waals surface area contributed by atoms with E-state index in [2.05, 4.69) is 37.0 Å². The zero-order valence-electron chi connectivity index (χ0n) is 37.1. The van der Waals surface area contributed by atoms with Crippen LogP contribution in [0.1, 0.15) is 103 Å². The second-order valence-electron chi connectivity index (χ2n) is 18.4. The minimum absolute atomic E-state index is 0.0160. The Labute approximate surface area is 359 Å². The molecular weight excluding hydrogens is 781 g/mol. The van der Waals surface area contributed by atoms with Gasteiger partial charge in [-0.2, -0.15) is 0 Å². The Balaban J connectivity index is 1.70. The molecule has 3 aliphatic heterocycles. The monoisotopic (exact) mass is 844 g/mol. The number of hydrogen-bond acceptors (Lipinski definition) is 13. The van der Waals surface area contributed by atoms with E-state index < -0.39 is 58.0 Å². The van der Waals surface area contributed by atoms with Gasteiger partial charge >= 0.3 is 5.97 Å². The molecule has 6 aliphatic rings. The molecule has 332 valence electrons. The van der Waals surface area contributed by atoms with E-state index in [9.17, 15) is 15.1 Å². The lowest BCUT2D eigenvalue weighted by Gasteiger charge is -2.64. The first-order valence-electron chi connectivity index (χ1n) is 21.2. The molecular formula is C47H64N4O10. The second kappa shape index (κ2) is 17.1. The van der Waals surface area contributed by atoms with E-state index in [-0.39, 0.29) is 71.8 Å². The first kappa shape index (κ1) is 45.6. The van der Waals surface area contributed by atoms with E-state index in [1.165, 1.54) is 12.7 Å². The van der Waals surface area contributed by atoms with E-state index in [0.717, 1.165) is 12.0 Å². The molecule has 1 aromatic carbocycles. The Hall–Kier alpha value is -4.92. The predicted octanol–water partition coefficient (Wildman–Crippen LogP) is 5.72. The van der Waals surface area contributed by atoms with E-state index in [1.807, 2.05) is 52.8 Å². The van der Waals surface area contributed by atoms with Crippen LogP contribution in [-0.4, -0.2) is 89.5 Å². The number of carbonyl (C=O) groups excluding carboxylic acids is 3. The Kier molecular flexibility index (Phi) is 12.8. The summed E-state index contributed by atoms with van der Waals surface area (Å²) in [7, 11) is 1.28. The van der Waals surface area contributed by atoms with Crippen LogP contribution in [0, 0.1) is 29.6 Å². The maximum absolute atomic E-state index is 16.3. The summed E-state index contributed by atoms with van der Waals surface area (Å²) in [4.78, 5) is 44.5. The van der Waals surface area contributed by atoms with Crippen LogP contribution in [0.5, 0.6) is 17.2 Å². The van der Waals surface area contributed by atoms with Gasteiger partial charge in [0.2, 0.25) is 0 Å². The van der Waals surface area contributed by atoms with Crippen LogP contribution in [0.2, 0.25) is 0 Å². The number of Topliss-reactive ketones (excluding diaryl/α,β-unsaturated/α-hetero) is 2. The van der Waals surface area contributed by atoms with E-state index in [4.69, 9.17) is 35.2 Å². The largest absolute Gasteiger partial charge is 0.491 e. The molecule has 4 fully saturated rings. The zero-order valence-corrected chi connectivity index (χ0v) is 37.1. The highest BCUT2D eigenvalue weighted by Crippen LogP contribution is 2.73. The Morgan fingerprint density at radius 1 is 1.07 bits per heavy atom. The molecule has 14 heteroatoms. The summed E-state index contributed by atoms with van der Waals surface area (Å²) in [6.07, 6.45) is 11.7. The molecule has 1 aromatic rings. The molecule has 7 N–H and O–H groups in total. The van der Waals surface area contributed by atoms with Gasteiger partial charge in [-0.3, -0.25) is 9.59 Å². The lowest BCUT2D eigenvalue weighted by Crippen LogP contribution is -2.79. The summed E-state index contributed by atoms with van der Waals surface area (Å²) in [6.45, 7) is 20.3. The summed E-state index contributed by atoms with van der Waals surface area (Å²) < 4.78 is 33.4. The standard InChI is InChI=1S/C47H64N4O10/c1-25(2)12-11-17-45(9)18-16-30-38(59-45)29(14-13-26(3)4)40-35(39(30)58-23-21-50-20-22-52)37(53)36-34(33(28(6)48)42(49)51-56)31-24-32-44(7,8)61-46(41(31)54,47(32,36)60-40)19-15-27(5)43(55)57-10/h12-13,15-16,18,31-34,36,50,52,56H,6,11,14,17,19-24,48H2,1-5,7-10H3,(H2,49,51)/b27-15-. The number of allylic oxidation sites excluding steroid dienone is 4. The number of fused-ring (bicyclic) bond motifs is 2. The third-order valence-corrected chi connectivity index (χ3v) is 13.3. The highest BCUT2D eigenvalue weighted by atomic mass is 16.6. The molecule has 0 aromatic heterocycles. The fraction of sp³-hybridized carbons (Fsp3) is 0.574. The van der Waals surface area contributed by atoms with Gasteiger partial charge in [-0.05, 0) is 99.1 Å². The van der Waals surface area contributed by atoms with Gasteiger partial charge in [-0.25, -0.2) is 4.79 Å².